The second-order valence-corrected chi connectivity index (χ2v) is 4.02. The van der Waals surface area contributed by atoms with Crippen LogP contribution < -0.4 is 10.2 Å². The van der Waals surface area contributed by atoms with Crippen molar-refractivity contribution in [2.24, 2.45) is 5.10 Å². The molecular formula is C14H20N2O2. The largest absolute Gasteiger partial charge is 0.497 e. The lowest BCUT2D eigenvalue weighted by molar-refractivity contribution is -0.121. The van der Waals surface area contributed by atoms with Crippen LogP contribution in [0, 0.1) is 0 Å². The summed E-state index contributed by atoms with van der Waals surface area (Å²) in [6.45, 7) is 2.11. The maximum atomic E-state index is 11.4. The van der Waals surface area contributed by atoms with Gasteiger partial charge in [0.2, 0.25) is 5.91 Å². The maximum Gasteiger partial charge on any atom is 0.240 e. The smallest absolute Gasteiger partial charge is 0.240 e. The van der Waals surface area contributed by atoms with Gasteiger partial charge in [-0.3, -0.25) is 4.79 Å². The highest BCUT2D eigenvalue weighted by atomic mass is 16.5. The molecule has 1 aromatic rings. The Bertz CT molecular complexity index is 385. The molecule has 4 nitrogen and oxygen atoms in total. The van der Waals surface area contributed by atoms with Crippen LogP contribution in [-0.2, 0) is 4.79 Å². The molecule has 1 N–H and O–H groups in total. The van der Waals surface area contributed by atoms with Crippen LogP contribution >= 0.6 is 0 Å². The Labute approximate surface area is 108 Å². The van der Waals surface area contributed by atoms with E-state index >= 15 is 0 Å². The minimum Gasteiger partial charge on any atom is -0.497 e. The zero-order valence-corrected chi connectivity index (χ0v) is 11.0. The van der Waals surface area contributed by atoms with E-state index in [-0.39, 0.29) is 5.91 Å². The fourth-order valence-electron chi connectivity index (χ4n) is 1.46. The second kappa shape index (κ2) is 8.28. The van der Waals surface area contributed by atoms with Gasteiger partial charge >= 0.3 is 0 Å². The molecule has 1 rings (SSSR count). The minimum atomic E-state index is -0.0341. The summed E-state index contributed by atoms with van der Waals surface area (Å²) in [6.07, 6.45) is 5.27. The molecule has 0 bridgehead atoms. The van der Waals surface area contributed by atoms with Crippen LogP contribution in [-0.4, -0.2) is 19.2 Å². The molecule has 0 atom stereocenters. The van der Waals surface area contributed by atoms with Crippen molar-refractivity contribution in [3.63, 3.8) is 0 Å². The zero-order chi connectivity index (χ0) is 13.2. The average Bonchev–Trinajstić information content (AvgIpc) is 2.40. The van der Waals surface area contributed by atoms with E-state index in [4.69, 9.17) is 4.74 Å². The van der Waals surface area contributed by atoms with Gasteiger partial charge in [0.1, 0.15) is 5.75 Å². The Hall–Kier alpha value is -1.84. The van der Waals surface area contributed by atoms with Gasteiger partial charge < -0.3 is 4.74 Å². The normalized spacial score (nSPS) is 10.6. The number of carbonyl (C=O) groups excluding carboxylic acids is 1. The number of hydrogen-bond acceptors (Lipinski definition) is 3. The molecule has 0 aliphatic carbocycles. The van der Waals surface area contributed by atoms with Crippen molar-refractivity contribution >= 4 is 12.1 Å². The third kappa shape index (κ3) is 5.48. The summed E-state index contributed by atoms with van der Waals surface area (Å²) in [5.41, 5.74) is 3.44. The molecule has 0 aromatic heterocycles. The molecule has 1 amide bonds. The SMILES string of the molecule is CCCCCC(=O)N/N=C/c1ccc(OC)cc1. The van der Waals surface area contributed by atoms with Gasteiger partial charge in [0.15, 0.2) is 0 Å². The molecule has 0 saturated heterocycles. The molecule has 0 fully saturated rings. The molecule has 98 valence electrons. The van der Waals surface area contributed by atoms with E-state index in [0.717, 1.165) is 30.6 Å². The predicted octanol–water partition coefficient (Wildman–Crippen LogP) is 2.73. The van der Waals surface area contributed by atoms with Gasteiger partial charge in [-0.1, -0.05) is 19.8 Å². The van der Waals surface area contributed by atoms with Crippen LogP contribution in [0.2, 0.25) is 0 Å². The van der Waals surface area contributed by atoms with Crippen molar-refractivity contribution in [1.82, 2.24) is 5.43 Å². The van der Waals surface area contributed by atoms with Crippen molar-refractivity contribution in [2.45, 2.75) is 32.6 Å². The Morgan fingerprint density at radius 3 is 2.67 bits per heavy atom. The number of ether oxygens (including phenoxy) is 1. The number of unbranched alkanes of at least 4 members (excludes halogenated alkanes) is 2. The molecule has 18 heavy (non-hydrogen) atoms. The molecule has 4 heteroatoms. The number of nitrogens with one attached hydrogen (secondary N) is 1. The van der Waals surface area contributed by atoms with Gasteiger partial charge in [-0.25, -0.2) is 5.43 Å². The van der Waals surface area contributed by atoms with E-state index in [2.05, 4.69) is 17.5 Å². The first-order valence-corrected chi connectivity index (χ1v) is 6.22. The Morgan fingerprint density at radius 1 is 1.33 bits per heavy atom. The first-order valence-electron chi connectivity index (χ1n) is 6.22. The summed E-state index contributed by atoms with van der Waals surface area (Å²) < 4.78 is 5.05. The second-order valence-electron chi connectivity index (χ2n) is 4.02. The predicted molar refractivity (Wildman–Crippen MR) is 72.9 cm³/mol. The molecule has 0 spiro atoms. The quantitative estimate of drug-likeness (QED) is 0.458. The van der Waals surface area contributed by atoms with Gasteiger partial charge in [-0.05, 0) is 36.2 Å². The fraction of sp³-hybridized carbons (Fsp3) is 0.429. The van der Waals surface area contributed by atoms with E-state index in [1.165, 1.54) is 0 Å². The maximum absolute atomic E-state index is 11.4. The molecule has 1 aromatic carbocycles. The van der Waals surface area contributed by atoms with E-state index in [1.54, 1.807) is 13.3 Å². The molecular weight excluding hydrogens is 228 g/mol. The van der Waals surface area contributed by atoms with Crippen LogP contribution in [0.4, 0.5) is 0 Å². The topological polar surface area (TPSA) is 50.7 Å². The summed E-state index contributed by atoms with van der Waals surface area (Å²) in [7, 11) is 1.62. The van der Waals surface area contributed by atoms with Gasteiger partial charge in [0.05, 0.1) is 13.3 Å². The summed E-state index contributed by atoms with van der Waals surface area (Å²) in [5.74, 6) is 0.768. The Kier molecular flexibility index (Phi) is 6.54. The van der Waals surface area contributed by atoms with Gasteiger partial charge in [0, 0.05) is 6.42 Å². The third-order valence-electron chi connectivity index (χ3n) is 2.53. The van der Waals surface area contributed by atoms with Crippen molar-refractivity contribution in [3.05, 3.63) is 29.8 Å². The number of benzene rings is 1. The van der Waals surface area contributed by atoms with E-state index in [0.29, 0.717) is 6.42 Å². The molecule has 0 aliphatic heterocycles. The number of rotatable bonds is 7. The summed E-state index contributed by atoms with van der Waals surface area (Å²) in [5, 5.41) is 3.91. The van der Waals surface area contributed by atoms with Gasteiger partial charge in [-0.2, -0.15) is 5.10 Å². The molecule has 0 radical (unpaired) electrons. The molecule has 0 unspecified atom stereocenters. The lowest BCUT2D eigenvalue weighted by Gasteiger charge is -2.00. The van der Waals surface area contributed by atoms with Crippen molar-refractivity contribution in [3.8, 4) is 5.75 Å². The average molecular weight is 248 g/mol. The monoisotopic (exact) mass is 248 g/mol. The Balaban J connectivity index is 2.32. The van der Waals surface area contributed by atoms with Crippen LogP contribution in [0.1, 0.15) is 38.2 Å². The number of nitrogens with zero attached hydrogens (tertiary/aromatic N) is 1. The lowest BCUT2D eigenvalue weighted by atomic mass is 10.2. The number of methoxy groups -OCH3 is 1. The van der Waals surface area contributed by atoms with E-state index < -0.39 is 0 Å². The Morgan fingerprint density at radius 2 is 2.06 bits per heavy atom. The first-order chi connectivity index (χ1) is 8.76. The first kappa shape index (κ1) is 14.2. The zero-order valence-electron chi connectivity index (χ0n) is 11.0. The summed E-state index contributed by atoms with van der Waals surface area (Å²) in [4.78, 5) is 11.4. The number of hydrogen-bond donors (Lipinski definition) is 1. The highest BCUT2D eigenvalue weighted by Crippen LogP contribution is 2.09. The lowest BCUT2D eigenvalue weighted by Crippen LogP contribution is -2.16. The van der Waals surface area contributed by atoms with E-state index in [9.17, 15) is 4.79 Å². The number of amides is 1. The van der Waals surface area contributed by atoms with Gasteiger partial charge in [0.25, 0.3) is 0 Å². The van der Waals surface area contributed by atoms with Crippen LogP contribution in [0.15, 0.2) is 29.4 Å². The highest BCUT2D eigenvalue weighted by Gasteiger charge is 1.97. The van der Waals surface area contributed by atoms with Crippen LogP contribution in [0.3, 0.4) is 0 Å². The molecule has 0 aliphatic rings. The number of carbonyl (C=O) groups is 1. The fourth-order valence-corrected chi connectivity index (χ4v) is 1.46. The third-order valence-corrected chi connectivity index (χ3v) is 2.53. The molecule has 0 heterocycles. The number of hydrazone groups is 1. The van der Waals surface area contributed by atoms with Crippen molar-refractivity contribution in [2.75, 3.05) is 7.11 Å². The van der Waals surface area contributed by atoms with Crippen LogP contribution in [0.5, 0.6) is 5.75 Å². The summed E-state index contributed by atoms with van der Waals surface area (Å²) >= 11 is 0. The van der Waals surface area contributed by atoms with Crippen molar-refractivity contribution in [1.29, 1.82) is 0 Å². The van der Waals surface area contributed by atoms with Crippen molar-refractivity contribution < 1.29 is 9.53 Å². The highest BCUT2D eigenvalue weighted by molar-refractivity contribution is 5.82. The van der Waals surface area contributed by atoms with E-state index in [1.807, 2.05) is 24.3 Å². The van der Waals surface area contributed by atoms with Gasteiger partial charge in [-0.15, -0.1) is 0 Å². The minimum absolute atomic E-state index is 0.0341. The van der Waals surface area contributed by atoms with Crippen LogP contribution in [0.25, 0.3) is 0 Å². The summed E-state index contributed by atoms with van der Waals surface area (Å²) in [6, 6.07) is 7.46. The standard InChI is InChI=1S/C14H20N2O2/c1-3-4-5-6-14(17)16-15-11-12-7-9-13(18-2)10-8-12/h7-11H,3-6H2,1-2H3,(H,16,17)/b15-11+. The molecule has 0 saturated carbocycles.